The van der Waals surface area contributed by atoms with E-state index in [1.807, 2.05) is 12.1 Å². The lowest BCUT2D eigenvalue weighted by atomic mass is 10.1. The normalized spacial score (nSPS) is 11.8. The monoisotopic (exact) mass is 346 g/mol. The van der Waals surface area contributed by atoms with E-state index in [4.69, 9.17) is 4.74 Å². The van der Waals surface area contributed by atoms with Crippen molar-refractivity contribution < 1.29 is 14.3 Å². The predicted octanol–water partition coefficient (Wildman–Crippen LogP) is 4.30. The van der Waals surface area contributed by atoms with Gasteiger partial charge in [0.1, 0.15) is 5.75 Å². The van der Waals surface area contributed by atoms with Crippen molar-refractivity contribution in [2.45, 2.75) is 20.0 Å². The van der Waals surface area contributed by atoms with E-state index in [1.54, 1.807) is 43.3 Å². The Morgan fingerprint density at radius 2 is 1.48 bits per heavy atom. The number of carbonyl (C=O) groups is 2. The first-order chi connectivity index (χ1) is 9.97. The standard InChI is InChI=1S/C17H15BrO3/c1-11(19)13-5-9-16(10-6-13)21-12(2)17(20)14-3-7-15(18)8-4-14/h3-10,12H,1-2H3. The lowest BCUT2D eigenvalue weighted by molar-refractivity contribution is 0.0817. The molecule has 0 N–H and O–H groups in total. The largest absolute Gasteiger partial charge is 0.483 e. The predicted molar refractivity (Wildman–Crippen MR) is 85.0 cm³/mol. The molecular formula is C17H15BrO3. The highest BCUT2D eigenvalue weighted by Gasteiger charge is 2.16. The Labute approximate surface area is 132 Å². The van der Waals surface area contributed by atoms with Gasteiger partial charge in [-0.2, -0.15) is 0 Å². The summed E-state index contributed by atoms with van der Waals surface area (Å²) in [6, 6.07) is 13.9. The average Bonchev–Trinajstić information content (AvgIpc) is 2.47. The molecule has 2 aromatic rings. The maximum Gasteiger partial charge on any atom is 0.202 e. The average molecular weight is 347 g/mol. The first-order valence-corrected chi connectivity index (χ1v) is 7.34. The highest BCUT2D eigenvalue weighted by atomic mass is 79.9. The number of Topliss-reactive ketones (excluding diaryl/α,β-unsaturated/α-hetero) is 2. The summed E-state index contributed by atoms with van der Waals surface area (Å²) in [5.41, 5.74) is 1.22. The van der Waals surface area contributed by atoms with Crippen molar-refractivity contribution in [3.05, 3.63) is 64.1 Å². The molecule has 0 aliphatic heterocycles. The molecule has 3 nitrogen and oxygen atoms in total. The second kappa shape index (κ2) is 6.68. The molecule has 0 saturated carbocycles. The SMILES string of the molecule is CC(=O)c1ccc(OC(C)C(=O)c2ccc(Br)cc2)cc1. The first-order valence-electron chi connectivity index (χ1n) is 6.55. The Kier molecular flexibility index (Phi) is 4.91. The second-order valence-corrected chi connectivity index (χ2v) is 5.63. The van der Waals surface area contributed by atoms with Gasteiger partial charge in [-0.25, -0.2) is 0 Å². The van der Waals surface area contributed by atoms with Gasteiger partial charge in [0.25, 0.3) is 0 Å². The van der Waals surface area contributed by atoms with Crippen LogP contribution in [0.2, 0.25) is 0 Å². The fourth-order valence-electron chi connectivity index (χ4n) is 1.87. The van der Waals surface area contributed by atoms with Crippen molar-refractivity contribution in [1.29, 1.82) is 0 Å². The van der Waals surface area contributed by atoms with Gasteiger partial charge in [-0.15, -0.1) is 0 Å². The van der Waals surface area contributed by atoms with Crippen molar-refractivity contribution in [3.8, 4) is 5.75 Å². The molecule has 0 heterocycles. The van der Waals surface area contributed by atoms with Gasteiger partial charge in [0, 0.05) is 15.6 Å². The van der Waals surface area contributed by atoms with Gasteiger partial charge in [-0.3, -0.25) is 9.59 Å². The van der Waals surface area contributed by atoms with E-state index in [9.17, 15) is 9.59 Å². The number of carbonyl (C=O) groups excluding carboxylic acids is 2. The maximum absolute atomic E-state index is 12.2. The van der Waals surface area contributed by atoms with E-state index in [1.165, 1.54) is 6.92 Å². The molecule has 2 rings (SSSR count). The van der Waals surface area contributed by atoms with Crippen molar-refractivity contribution in [1.82, 2.24) is 0 Å². The number of hydrogen-bond acceptors (Lipinski definition) is 3. The number of ether oxygens (including phenoxy) is 1. The molecule has 1 atom stereocenters. The van der Waals surface area contributed by atoms with E-state index in [2.05, 4.69) is 15.9 Å². The summed E-state index contributed by atoms with van der Waals surface area (Å²) in [5.74, 6) is 0.483. The van der Waals surface area contributed by atoms with Gasteiger partial charge >= 0.3 is 0 Å². The van der Waals surface area contributed by atoms with Gasteiger partial charge in [0.15, 0.2) is 11.9 Å². The first kappa shape index (κ1) is 15.4. The van der Waals surface area contributed by atoms with Crippen LogP contribution in [-0.2, 0) is 0 Å². The number of halogens is 1. The lowest BCUT2D eigenvalue weighted by Gasteiger charge is -2.14. The summed E-state index contributed by atoms with van der Waals surface area (Å²) < 4.78 is 6.55. The van der Waals surface area contributed by atoms with E-state index in [0.29, 0.717) is 16.9 Å². The van der Waals surface area contributed by atoms with Crippen LogP contribution >= 0.6 is 15.9 Å². The van der Waals surface area contributed by atoms with Gasteiger partial charge in [0.2, 0.25) is 5.78 Å². The van der Waals surface area contributed by atoms with Crippen molar-refractivity contribution in [2.75, 3.05) is 0 Å². The Balaban J connectivity index is 2.06. The zero-order valence-corrected chi connectivity index (χ0v) is 13.4. The lowest BCUT2D eigenvalue weighted by Crippen LogP contribution is -2.23. The Morgan fingerprint density at radius 3 is 2.00 bits per heavy atom. The molecule has 21 heavy (non-hydrogen) atoms. The summed E-state index contributed by atoms with van der Waals surface area (Å²) in [6.45, 7) is 3.22. The fraction of sp³-hybridized carbons (Fsp3) is 0.176. The van der Waals surface area contributed by atoms with Crippen molar-refractivity contribution in [2.24, 2.45) is 0 Å². The zero-order valence-electron chi connectivity index (χ0n) is 11.8. The van der Waals surface area contributed by atoms with E-state index in [-0.39, 0.29) is 11.6 Å². The molecular weight excluding hydrogens is 332 g/mol. The minimum atomic E-state index is -0.589. The van der Waals surface area contributed by atoms with Crippen molar-refractivity contribution in [3.63, 3.8) is 0 Å². The van der Waals surface area contributed by atoms with Crippen LogP contribution in [0.15, 0.2) is 53.0 Å². The third-order valence-corrected chi connectivity index (χ3v) is 3.60. The molecule has 0 radical (unpaired) electrons. The molecule has 4 heteroatoms. The summed E-state index contributed by atoms with van der Waals surface area (Å²) in [4.78, 5) is 23.4. The highest BCUT2D eigenvalue weighted by Crippen LogP contribution is 2.17. The highest BCUT2D eigenvalue weighted by molar-refractivity contribution is 9.10. The number of benzene rings is 2. The second-order valence-electron chi connectivity index (χ2n) is 4.71. The van der Waals surface area contributed by atoms with Crippen LogP contribution in [0.4, 0.5) is 0 Å². The summed E-state index contributed by atoms with van der Waals surface area (Å²) in [5, 5.41) is 0. The number of ketones is 2. The molecule has 1 unspecified atom stereocenters. The molecule has 2 aromatic carbocycles. The minimum Gasteiger partial charge on any atom is -0.483 e. The molecule has 0 amide bonds. The molecule has 0 saturated heterocycles. The molecule has 0 aromatic heterocycles. The van der Waals surface area contributed by atoms with Gasteiger partial charge < -0.3 is 4.74 Å². The summed E-state index contributed by atoms with van der Waals surface area (Å²) in [6.07, 6.45) is -0.589. The molecule has 0 fully saturated rings. The third kappa shape index (κ3) is 4.02. The van der Waals surface area contributed by atoms with Crippen LogP contribution in [0.5, 0.6) is 5.75 Å². The van der Waals surface area contributed by atoms with Crippen LogP contribution in [-0.4, -0.2) is 17.7 Å². The molecule has 108 valence electrons. The Morgan fingerprint density at radius 1 is 0.952 bits per heavy atom. The fourth-order valence-corrected chi connectivity index (χ4v) is 2.14. The van der Waals surface area contributed by atoms with E-state index >= 15 is 0 Å². The van der Waals surface area contributed by atoms with Gasteiger partial charge in [0.05, 0.1) is 0 Å². The maximum atomic E-state index is 12.2. The quantitative estimate of drug-likeness (QED) is 0.758. The van der Waals surface area contributed by atoms with Crippen molar-refractivity contribution >= 4 is 27.5 Å². The summed E-state index contributed by atoms with van der Waals surface area (Å²) >= 11 is 3.33. The van der Waals surface area contributed by atoms with Crippen LogP contribution in [0.25, 0.3) is 0 Å². The smallest absolute Gasteiger partial charge is 0.202 e. The zero-order chi connectivity index (χ0) is 15.4. The van der Waals surface area contributed by atoms with Crippen LogP contribution in [0.3, 0.4) is 0 Å². The van der Waals surface area contributed by atoms with Crippen LogP contribution in [0, 0.1) is 0 Å². The number of rotatable bonds is 5. The van der Waals surface area contributed by atoms with Crippen LogP contribution < -0.4 is 4.74 Å². The summed E-state index contributed by atoms with van der Waals surface area (Å²) in [7, 11) is 0. The Hall–Kier alpha value is -1.94. The van der Waals surface area contributed by atoms with Crippen LogP contribution in [0.1, 0.15) is 34.6 Å². The molecule has 0 bridgehead atoms. The topological polar surface area (TPSA) is 43.4 Å². The van der Waals surface area contributed by atoms with E-state index < -0.39 is 6.10 Å². The molecule has 0 aliphatic carbocycles. The van der Waals surface area contributed by atoms with Gasteiger partial charge in [-0.05, 0) is 50.2 Å². The van der Waals surface area contributed by atoms with Gasteiger partial charge in [-0.1, -0.05) is 28.1 Å². The number of hydrogen-bond donors (Lipinski definition) is 0. The van der Waals surface area contributed by atoms with E-state index in [0.717, 1.165) is 4.47 Å². The molecule has 0 aliphatic rings. The molecule has 0 spiro atoms. The minimum absolute atomic E-state index is 0.000498. The third-order valence-electron chi connectivity index (χ3n) is 3.07. The Bertz CT molecular complexity index is 645.